The van der Waals surface area contributed by atoms with Crippen molar-refractivity contribution in [1.29, 1.82) is 0 Å². The van der Waals surface area contributed by atoms with Gasteiger partial charge >= 0.3 is 11.7 Å². The van der Waals surface area contributed by atoms with Gasteiger partial charge in [-0.05, 0) is 24.3 Å². The monoisotopic (exact) mass is 448 g/mol. The molecule has 7 nitrogen and oxygen atoms in total. The van der Waals surface area contributed by atoms with Crippen LogP contribution >= 0.6 is 23.2 Å². The number of aromatic nitrogens is 4. The highest BCUT2D eigenvalue weighted by Gasteiger charge is 2.23. The van der Waals surface area contributed by atoms with Gasteiger partial charge in [0.2, 0.25) is 0 Å². The Labute approximate surface area is 179 Å². The van der Waals surface area contributed by atoms with Crippen molar-refractivity contribution in [2.45, 2.75) is 6.54 Å². The first-order valence-electron chi connectivity index (χ1n) is 8.81. The topological polar surface area (TPSA) is 71.1 Å². The molecule has 0 radical (unpaired) electrons. The molecule has 154 valence electrons. The molecule has 4 rings (SSSR count). The number of para-hydroxylation sites is 1. The fraction of sp³-hybridized carbons (Fsp3) is 0.150. The van der Waals surface area contributed by atoms with Crippen LogP contribution in [0, 0.1) is 5.82 Å². The lowest BCUT2D eigenvalue weighted by molar-refractivity contribution is 0.420. The van der Waals surface area contributed by atoms with Gasteiger partial charge in [-0.3, -0.25) is 18.5 Å². The van der Waals surface area contributed by atoms with Crippen molar-refractivity contribution < 1.29 is 9.13 Å². The fourth-order valence-electron chi connectivity index (χ4n) is 3.12. The van der Waals surface area contributed by atoms with Crippen LogP contribution in [0.25, 0.3) is 11.2 Å². The van der Waals surface area contributed by atoms with Crippen molar-refractivity contribution in [2.24, 2.45) is 14.1 Å². The van der Waals surface area contributed by atoms with Gasteiger partial charge in [0.25, 0.3) is 5.56 Å². The number of fused-ring (bicyclic) bond motifs is 1. The van der Waals surface area contributed by atoms with Gasteiger partial charge < -0.3 is 4.74 Å². The standard InChI is InChI=1S/C20H15Cl2FN4O3/c1-25-17-16(18(28)26(2)20(25)29)27(10-11-12(21)7-5-8-14(11)23)19(24-17)30-15-9-4-3-6-13(15)22/h3-9H,10H2,1-2H3. The largest absolute Gasteiger partial charge is 0.424 e. The van der Waals surface area contributed by atoms with Gasteiger partial charge in [0.15, 0.2) is 11.2 Å². The Hall–Kier alpha value is -3.10. The highest BCUT2D eigenvalue weighted by molar-refractivity contribution is 6.32. The van der Waals surface area contributed by atoms with E-state index in [-0.39, 0.29) is 40.1 Å². The summed E-state index contributed by atoms with van der Waals surface area (Å²) in [6.45, 7) is -0.144. The highest BCUT2D eigenvalue weighted by atomic mass is 35.5. The normalized spacial score (nSPS) is 11.2. The third kappa shape index (κ3) is 3.28. The zero-order chi connectivity index (χ0) is 21.6. The number of nitrogens with zero attached hydrogens (tertiary/aromatic N) is 4. The number of hydrogen-bond acceptors (Lipinski definition) is 4. The first kappa shape index (κ1) is 20.2. The molecular weight excluding hydrogens is 434 g/mol. The minimum Gasteiger partial charge on any atom is -0.424 e. The summed E-state index contributed by atoms with van der Waals surface area (Å²) < 4.78 is 23.9. The van der Waals surface area contributed by atoms with Crippen molar-refractivity contribution in [3.05, 3.63) is 84.7 Å². The number of aryl methyl sites for hydroxylation is 1. The third-order valence-electron chi connectivity index (χ3n) is 4.73. The summed E-state index contributed by atoms with van der Waals surface area (Å²) in [5.74, 6) is -0.258. The molecule has 0 aliphatic rings. The number of hydrogen-bond donors (Lipinski definition) is 0. The molecule has 2 aromatic carbocycles. The van der Waals surface area contributed by atoms with Crippen LogP contribution in [0.5, 0.6) is 11.8 Å². The number of benzene rings is 2. The maximum Gasteiger partial charge on any atom is 0.332 e. The summed E-state index contributed by atoms with van der Waals surface area (Å²) in [7, 11) is 2.84. The number of imidazole rings is 1. The SMILES string of the molecule is Cn1c(=O)c2c(nc(Oc3ccccc3Cl)n2Cc2c(F)cccc2Cl)n(C)c1=O. The molecule has 4 aromatic rings. The van der Waals surface area contributed by atoms with Crippen molar-refractivity contribution in [3.63, 3.8) is 0 Å². The smallest absolute Gasteiger partial charge is 0.332 e. The number of rotatable bonds is 4. The maximum absolute atomic E-state index is 14.5. The van der Waals surface area contributed by atoms with Crippen LogP contribution in [-0.2, 0) is 20.6 Å². The van der Waals surface area contributed by atoms with Crippen LogP contribution in [0.15, 0.2) is 52.1 Å². The lowest BCUT2D eigenvalue weighted by Crippen LogP contribution is -2.37. The summed E-state index contributed by atoms with van der Waals surface area (Å²) in [6.07, 6.45) is 0. The predicted octanol–water partition coefficient (Wildman–Crippen LogP) is 3.72. The van der Waals surface area contributed by atoms with E-state index in [2.05, 4.69) is 4.98 Å². The molecule has 10 heteroatoms. The third-order valence-corrected chi connectivity index (χ3v) is 5.40. The van der Waals surface area contributed by atoms with Gasteiger partial charge in [-0.2, -0.15) is 4.98 Å². The van der Waals surface area contributed by atoms with Gasteiger partial charge in [-0.1, -0.05) is 41.4 Å². The van der Waals surface area contributed by atoms with E-state index in [9.17, 15) is 14.0 Å². The molecule has 0 saturated heterocycles. The highest BCUT2D eigenvalue weighted by Crippen LogP contribution is 2.31. The minimum atomic E-state index is -0.595. The van der Waals surface area contributed by atoms with Gasteiger partial charge in [0.05, 0.1) is 11.6 Å². The predicted molar refractivity (Wildman–Crippen MR) is 112 cm³/mol. The average Bonchev–Trinajstić information content (AvgIpc) is 3.07. The second-order valence-corrected chi connectivity index (χ2v) is 7.41. The van der Waals surface area contributed by atoms with E-state index in [1.54, 1.807) is 30.3 Å². The summed E-state index contributed by atoms with van der Waals surface area (Å²) in [5, 5.41) is 0.504. The molecule has 0 N–H and O–H groups in total. The molecule has 0 unspecified atom stereocenters. The molecule has 0 aliphatic carbocycles. The van der Waals surface area contributed by atoms with Crippen LogP contribution in [0.4, 0.5) is 4.39 Å². The van der Waals surface area contributed by atoms with E-state index < -0.39 is 17.1 Å². The second kappa shape index (κ2) is 7.62. The van der Waals surface area contributed by atoms with Gasteiger partial charge in [0.1, 0.15) is 11.6 Å². The van der Waals surface area contributed by atoms with Crippen LogP contribution in [0.1, 0.15) is 5.56 Å². The number of halogens is 3. The van der Waals surface area contributed by atoms with Gasteiger partial charge in [-0.25, -0.2) is 9.18 Å². The van der Waals surface area contributed by atoms with E-state index in [1.165, 1.54) is 35.4 Å². The molecule has 2 aromatic heterocycles. The molecule has 0 atom stereocenters. The number of ether oxygens (including phenoxy) is 1. The Balaban J connectivity index is 2.01. The van der Waals surface area contributed by atoms with Gasteiger partial charge in [-0.15, -0.1) is 0 Å². The molecule has 30 heavy (non-hydrogen) atoms. The average molecular weight is 449 g/mol. The van der Waals surface area contributed by atoms with Crippen molar-refractivity contribution >= 4 is 34.4 Å². The Morgan fingerprint density at radius 1 is 1.00 bits per heavy atom. The maximum atomic E-state index is 14.5. The van der Waals surface area contributed by atoms with Crippen LogP contribution < -0.4 is 16.0 Å². The van der Waals surface area contributed by atoms with Gasteiger partial charge in [0, 0.05) is 24.7 Å². The Morgan fingerprint density at radius 2 is 1.70 bits per heavy atom. The first-order chi connectivity index (χ1) is 14.3. The van der Waals surface area contributed by atoms with Crippen molar-refractivity contribution in [3.8, 4) is 11.8 Å². The summed E-state index contributed by atoms with van der Waals surface area (Å²) in [6, 6.07) is 11.0. The van der Waals surface area contributed by atoms with E-state index in [0.717, 1.165) is 4.57 Å². The Morgan fingerprint density at radius 3 is 2.40 bits per heavy atom. The molecular formula is C20H15Cl2FN4O3. The molecule has 0 saturated carbocycles. The van der Waals surface area contributed by atoms with E-state index in [1.807, 2.05) is 0 Å². The fourth-order valence-corrected chi connectivity index (χ4v) is 3.52. The Kier molecular flexibility index (Phi) is 5.13. The molecule has 0 amide bonds. The molecule has 0 aliphatic heterocycles. The van der Waals surface area contributed by atoms with Crippen molar-refractivity contribution in [2.75, 3.05) is 0 Å². The molecule has 0 bridgehead atoms. The summed E-state index contributed by atoms with van der Waals surface area (Å²) in [4.78, 5) is 29.6. The zero-order valence-corrected chi connectivity index (χ0v) is 17.4. The van der Waals surface area contributed by atoms with Crippen LogP contribution in [0.2, 0.25) is 10.0 Å². The van der Waals surface area contributed by atoms with E-state index >= 15 is 0 Å². The molecule has 0 spiro atoms. The summed E-state index contributed by atoms with van der Waals surface area (Å²) >= 11 is 12.4. The zero-order valence-electron chi connectivity index (χ0n) is 15.9. The quantitative estimate of drug-likeness (QED) is 0.476. The van der Waals surface area contributed by atoms with E-state index in [4.69, 9.17) is 27.9 Å². The lowest BCUT2D eigenvalue weighted by Gasteiger charge is -2.12. The first-order valence-corrected chi connectivity index (χ1v) is 9.56. The lowest BCUT2D eigenvalue weighted by atomic mass is 10.2. The Bertz CT molecular complexity index is 1390. The van der Waals surface area contributed by atoms with Crippen LogP contribution in [0.3, 0.4) is 0 Å². The second-order valence-electron chi connectivity index (χ2n) is 6.59. The molecule has 0 fully saturated rings. The van der Waals surface area contributed by atoms with E-state index in [0.29, 0.717) is 5.02 Å². The van der Waals surface area contributed by atoms with Crippen molar-refractivity contribution in [1.82, 2.24) is 18.7 Å². The minimum absolute atomic E-state index is 0.0317. The molecule has 2 heterocycles. The van der Waals surface area contributed by atoms with Crippen LogP contribution in [-0.4, -0.2) is 18.7 Å². The summed E-state index contributed by atoms with van der Waals surface area (Å²) in [5.41, 5.74) is -0.829.